The molecule has 1 spiro atoms. The van der Waals surface area contributed by atoms with Gasteiger partial charge in [-0.3, -0.25) is 4.90 Å². The van der Waals surface area contributed by atoms with Crippen molar-refractivity contribution in [2.45, 2.75) is 70.4 Å². The Kier molecular flexibility index (Phi) is 5.17. The van der Waals surface area contributed by atoms with E-state index in [1.165, 1.54) is 108 Å². The van der Waals surface area contributed by atoms with Gasteiger partial charge in [0.05, 0.1) is 0 Å². The third-order valence-electron chi connectivity index (χ3n) is 8.18. The highest BCUT2D eigenvalue weighted by atomic mass is 15.2. The third kappa shape index (κ3) is 3.91. The van der Waals surface area contributed by atoms with Crippen molar-refractivity contribution in [3.05, 3.63) is 29.8 Å². The monoisotopic (exact) mass is 367 g/mol. The normalized spacial score (nSPS) is 27.2. The molecular weight excluding hydrogens is 330 g/mol. The van der Waals surface area contributed by atoms with Gasteiger partial charge in [-0.2, -0.15) is 0 Å². The molecule has 0 bridgehead atoms. The summed E-state index contributed by atoms with van der Waals surface area (Å²) in [4.78, 5) is 8.04. The molecule has 0 unspecified atom stereocenters. The molecule has 1 aromatic rings. The Labute approximate surface area is 165 Å². The van der Waals surface area contributed by atoms with E-state index in [2.05, 4.69) is 39.0 Å². The molecule has 0 aromatic heterocycles. The van der Waals surface area contributed by atoms with Gasteiger partial charge in [0, 0.05) is 31.4 Å². The third-order valence-corrected chi connectivity index (χ3v) is 8.18. The van der Waals surface area contributed by atoms with Crippen LogP contribution in [0.25, 0.3) is 0 Å². The van der Waals surface area contributed by atoms with Gasteiger partial charge >= 0.3 is 0 Å². The lowest BCUT2D eigenvalue weighted by Crippen LogP contribution is -2.50. The van der Waals surface area contributed by atoms with Crippen LogP contribution >= 0.6 is 0 Å². The molecule has 1 aromatic carbocycles. The number of anilines is 1. The molecule has 3 aliphatic heterocycles. The summed E-state index contributed by atoms with van der Waals surface area (Å²) in [6, 6.07) is 10.4. The highest BCUT2D eigenvalue weighted by Crippen LogP contribution is 2.43. The second kappa shape index (κ2) is 7.75. The minimum Gasteiger partial charge on any atom is -0.371 e. The molecule has 3 heterocycles. The zero-order valence-corrected chi connectivity index (χ0v) is 17.0. The average molecular weight is 368 g/mol. The number of rotatable bonds is 4. The van der Waals surface area contributed by atoms with Crippen molar-refractivity contribution in [3.63, 3.8) is 0 Å². The Hall–Kier alpha value is -1.06. The molecule has 27 heavy (non-hydrogen) atoms. The first-order valence-corrected chi connectivity index (χ1v) is 11.6. The van der Waals surface area contributed by atoms with Gasteiger partial charge in [0.2, 0.25) is 0 Å². The van der Waals surface area contributed by atoms with E-state index in [0.29, 0.717) is 5.41 Å². The van der Waals surface area contributed by atoms with Gasteiger partial charge < -0.3 is 9.80 Å². The number of benzene rings is 1. The van der Waals surface area contributed by atoms with Crippen LogP contribution < -0.4 is 4.90 Å². The summed E-state index contributed by atoms with van der Waals surface area (Å²) in [5.74, 6) is 0. The summed E-state index contributed by atoms with van der Waals surface area (Å²) in [5, 5.41) is 0. The number of nitrogens with zero attached hydrogens (tertiary/aromatic N) is 3. The van der Waals surface area contributed by atoms with Gasteiger partial charge in [-0.05, 0) is 101 Å². The Morgan fingerprint density at radius 1 is 0.741 bits per heavy atom. The predicted octanol–water partition coefficient (Wildman–Crippen LogP) is 4.52. The van der Waals surface area contributed by atoms with E-state index in [0.717, 1.165) is 12.6 Å². The van der Waals surface area contributed by atoms with E-state index in [9.17, 15) is 0 Å². The van der Waals surface area contributed by atoms with E-state index < -0.39 is 0 Å². The summed E-state index contributed by atoms with van der Waals surface area (Å²) < 4.78 is 0. The van der Waals surface area contributed by atoms with Crippen LogP contribution in [0.4, 0.5) is 5.69 Å². The highest BCUT2D eigenvalue weighted by molar-refractivity contribution is 5.48. The van der Waals surface area contributed by atoms with Crippen LogP contribution in [0.3, 0.4) is 0 Å². The van der Waals surface area contributed by atoms with Crippen LogP contribution in [0.15, 0.2) is 24.3 Å². The van der Waals surface area contributed by atoms with Crippen LogP contribution in [0.1, 0.15) is 63.4 Å². The lowest BCUT2D eigenvalue weighted by molar-refractivity contribution is 0.0306. The molecule has 1 saturated carbocycles. The molecule has 3 saturated heterocycles. The van der Waals surface area contributed by atoms with Crippen LogP contribution in [-0.2, 0) is 6.54 Å². The highest BCUT2D eigenvalue weighted by Gasteiger charge is 2.39. The quantitative estimate of drug-likeness (QED) is 0.775. The van der Waals surface area contributed by atoms with Gasteiger partial charge in [-0.1, -0.05) is 18.6 Å². The Balaban J connectivity index is 1.12. The van der Waals surface area contributed by atoms with Gasteiger partial charge in [-0.15, -0.1) is 0 Å². The summed E-state index contributed by atoms with van der Waals surface area (Å²) >= 11 is 0. The molecule has 3 heteroatoms. The lowest BCUT2D eigenvalue weighted by Gasteiger charge is -2.50. The minimum absolute atomic E-state index is 0.659. The molecule has 4 aliphatic rings. The van der Waals surface area contributed by atoms with Crippen molar-refractivity contribution in [1.29, 1.82) is 0 Å². The van der Waals surface area contributed by atoms with Gasteiger partial charge in [0.1, 0.15) is 0 Å². The second-order valence-electron chi connectivity index (χ2n) is 9.76. The molecule has 0 atom stereocenters. The summed E-state index contributed by atoms with van der Waals surface area (Å²) in [5.41, 5.74) is 3.59. The summed E-state index contributed by atoms with van der Waals surface area (Å²) in [7, 11) is 0. The first kappa shape index (κ1) is 18.0. The minimum atomic E-state index is 0.659. The molecule has 0 radical (unpaired) electrons. The maximum Gasteiger partial charge on any atom is 0.0366 e. The van der Waals surface area contributed by atoms with E-state index in [1.54, 1.807) is 0 Å². The van der Waals surface area contributed by atoms with Crippen molar-refractivity contribution < 1.29 is 0 Å². The average Bonchev–Trinajstić information content (AvgIpc) is 3.17. The van der Waals surface area contributed by atoms with Crippen LogP contribution in [0, 0.1) is 5.41 Å². The molecular formula is C24H37N3. The van der Waals surface area contributed by atoms with Crippen molar-refractivity contribution in [2.75, 3.05) is 44.2 Å². The number of likely N-dealkylation sites (tertiary alicyclic amines) is 2. The fraction of sp³-hybridized carbons (Fsp3) is 0.750. The standard InChI is InChI=1S/C24H37N3/c1-2-15-25(14-1)20-21-6-8-23(9-7-21)27-18-12-24(13-19-27)10-16-26(17-11-24)22-4-3-5-22/h6-9,22H,1-5,10-20H2. The fourth-order valence-electron chi connectivity index (χ4n) is 5.87. The SMILES string of the molecule is c1cc(N2CCC3(CC2)CCN(C2CCC2)CC3)ccc1CN1CCCC1. The van der Waals surface area contributed by atoms with Crippen LogP contribution in [-0.4, -0.2) is 55.1 Å². The van der Waals surface area contributed by atoms with Gasteiger partial charge in [0.15, 0.2) is 0 Å². The first-order valence-electron chi connectivity index (χ1n) is 11.6. The molecule has 148 valence electrons. The van der Waals surface area contributed by atoms with E-state index >= 15 is 0 Å². The smallest absolute Gasteiger partial charge is 0.0366 e. The van der Waals surface area contributed by atoms with Gasteiger partial charge in [0.25, 0.3) is 0 Å². The number of hydrogen-bond donors (Lipinski definition) is 0. The summed E-state index contributed by atoms with van der Waals surface area (Å²) in [6.07, 6.45) is 12.9. The first-order chi connectivity index (χ1) is 13.3. The van der Waals surface area contributed by atoms with Crippen molar-refractivity contribution >= 4 is 5.69 Å². The zero-order valence-electron chi connectivity index (χ0n) is 17.0. The summed E-state index contributed by atoms with van der Waals surface area (Å²) in [6.45, 7) is 8.97. The molecule has 5 rings (SSSR count). The molecule has 3 nitrogen and oxygen atoms in total. The number of piperidine rings is 2. The maximum absolute atomic E-state index is 2.81. The maximum atomic E-state index is 2.81. The second-order valence-corrected chi connectivity index (χ2v) is 9.76. The Morgan fingerprint density at radius 3 is 1.96 bits per heavy atom. The van der Waals surface area contributed by atoms with E-state index in [4.69, 9.17) is 0 Å². The topological polar surface area (TPSA) is 9.72 Å². The molecule has 0 N–H and O–H groups in total. The van der Waals surface area contributed by atoms with Crippen LogP contribution in [0.5, 0.6) is 0 Å². The predicted molar refractivity (Wildman–Crippen MR) is 113 cm³/mol. The fourth-order valence-corrected chi connectivity index (χ4v) is 5.87. The van der Waals surface area contributed by atoms with Crippen molar-refractivity contribution in [1.82, 2.24) is 9.80 Å². The van der Waals surface area contributed by atoms with Crippen LogP contribution in [0.2, 0.25) is 0 Å². The molecule has 1 aliphatic carbocycles. The van der Waals surface area contributed by atoms with Crippen molar-refractivity contribution in [2.24, 2.45) is 5.41 Å². The number of hydrogen-bond acceptors (Lipinski definition) is 3. The zero-order chi connectivity index (χ0) is 18.1. The lowest BCUT2D eigenvalue weighted by atomic mass is 9.70. The molecule has 0 amide bonds. The van der Waals surface area contributed by atoms with E-state index in [1.807, 2.05) is 0 Å². The van der Waals surface area contributed by atoms with E-state index in [-0.39, 0.29) is 0 Å². The van der Waals surface area contributed by atoms with Gasteiger partial charge in [-0.25, -0.2) is 0 Å². The Bertz CT molecular complexity index is 597. The molecule has 4 fully saturated rings. The largest absolute Gasteiger partial charge is 0.371 e. The Morgan fingerprint density at radius 2 is 1.37 bits per heavy atom. The van der Waals surface area contributed by atoms with Crippen molar-refractivity contribution in [3.8, 4) is 0 Å².